The Labute approximate surface area is 185 Å². The number of rotatable bonds is 10. The molecule has 3 heterocycles. The second-order valence-corrected chi connectivity index (χ2v) is 10.6. The average molecular weight is 494 g/mol. The zero-order valence-corrected chi connectivity index (χ0v) is 19.7. The van der Waals surface area contributed by atoms with Crippen molar-refractivity contribution in [3.05, 3.63) is 23.7 Å². The molecular formula is C16H21FN4O5P2S2. The fourth-order valence-electron chi connectivity index (χ4n) is 2.70. The predicted molar refractivity (Wildman–Crippen MR) is 120 cm³/mol. The molecule has 14 heteroatoms. The third-order valence-corrected chi connectivity index (χ3v) is 7.14. The number of thiol groups is 2. The van der Waals surface area contributed by atoms with Crippen LogP contribution in [-0.2, 0) is 36.2 Å². The highest BCUT2D eigenvalue weighted by Crippen LogP contribution is 2.46. The van der Waals surface area contributed by atoms with Crippen molar-refractivity contribution in [3.8, 4) is 6.07 Å². The quantitative estimate of drug-likeness (QED) is 0.384. The molecule has 1 fully saturated rings. The van der Waals surface area contributed by atoms with Crippen molar-refractivity contribution in [1.82, 2.24) is 14.5 Å². The van der Waals surface area contributed by atoms with E-state index in [-0.39, 0.29) is 19.8 Å². The molecule has 0 radical (unpaired) electrons. The lowest BCUT2D eigenvalue weighted by Crippen LogP contribution is -2.21. The summed E-state index contributed by atoms with van der Waals surface area (Å²) in [6, 6.07) is 3.70. The summed E-state index contributed by atoms with van der Waals surface area (Å²) in [5.41, 5.74) is 1.56. The van der Waals surface area contributed by atoms with Crippen molar-refractivity contribution >= 4 is 56.2 Å². The molecule has 1 aliphatic heterocycles. The second kappa shape index (κ2) is 11.8. The fourth-order valence-corrected chi connectivity index (χ4v) is 5.11. The van der Waals surface area contributed by atoms with Gasteiger partial charge in [-0.2, -0.15) is 5.26 Å². The number of ether oxygens (including phenoxy) is 2. The predicted octanol–water partition coefficient (Wildman–Crippen LogP) is 3.13. The number of nitriles is 1. The van der Waals surface area contributed by atoms with Crippen LogP contribution in [0.1, 0.15) is 11.4 Å². The molecule has 4 atom stereocenters. The van der Waals surface area contributed by atoms with Crippen LogP contribution in [0.2, 0.25) is 0 Å². The van der Waals surface area contributed by atoms with E-state index >= 15 is 0 Å². The van der Waals surface area contributed by atoms with Crippen LogP contribution in [0.4, 0.5) is 4.39 Å². The minimum atomic E-state index is -1.63. The third-order valence-electron chi connectivity index (χ3n) is 4.07. The number of pyridine rings is 1. The Morgan fingerprint density at radius 3 is 3.07 bits per heavy atom. The Morgan fingerprint density at radius 1 is 1.53 bits per heavy atom. The van der Waals surface area contributed by atoms with Gasteiger partial charge in [-0.15, -0.1) is 12.2 Å². The van der Waals surface area contributed by atoms with Crippen molar-refractivity contribution in [2.24, 2.45) is 0 Å². The maximum atomic E-state index is 13.6. The van der Waals surface area contributed by atoms with Gasteiger partial charge in [-0.1, -0.05) is 12.2 Å². The van der Waals surface area contributed by atoms with Crippen LogP contribution in [0.15, 0.2) is 12.3 Å². The van der Waals surface area contributed by atoms with E-state index in [0.717, 1.165) is 0 Å². The fraction of sp³-hybridized carbons (Fsp3) is 0.500. The smallest absolute Gasteiger partial charge is 0.235 e. The topological polar surface area (TPSA) is 101 Å². The van der Waals surface area contributed by atoms with Gasteiger partial charge in [0.05, 0.1) is 38.3 Å². The van der Waals surface area contributed by atoms with Crippen molar-refractivity contribution in [1.29, 1.82) is 5.26 Å². The van der Waals surface area contributed by atoms with Gasteiger partial charge in [0.1, 0.15) is 30.1 Å². The number of alkyl halides is 1. The first-order valence-corrected chi connectivity index (χ1v) is 13.9. The number of fused-ring (bicyclic) bond motifs is 1. The van der Waals surface area contributed by atoms with E-state index in [4.69, 9.17) is 28.3 Å². The summed E-state index contributed by atoms with van der Waals surface area (Å²) in [6.07, 6.45) is -0.398. The van der Waals surface area contributed by atoms with Gasteiger partial charge in [-0.3, -0.25) is 0 Å². The number of aromatic nitrogens is 3. The Kier molecular flexibility index (Phi) is 9.38. The average Bonchev–Trinajstić information content (AvgIpc) is 3.29. The van der Waals surface area contributed by atoms with Gasteiger partial charge in [-0.25, -0.2) is 14.4 Å². The molecule has 0 aromatic carbocycles. The van der Waals surface area contributed by atoms with Gasteiger partial charge in [0.15, 0.2) is 11.8 Å². The maximum Gasteiger partial charge on any atom is 0.235 e. The van der Waals surface area contributed by atoms with Crippen LogP contribution < -0.4 is 0 Å². The molecule has 0 saturated carbocycles. The molecule has 30 heavy (non-hydrogen) atoms. The van der Waals surface area contributed by atoms with Gasteiger partial charge in [0.2, 0.25) is 7.58 Å². The molecule has 0 bridgehead atoms. The summed E-state index contributed by atoms with van der Waals surface area (Å²) in [7, 11) is -0.0906. The zero-order chi connectivity index (χ0) is 21.5. The highest BCUT2D eigenvalue weighted by molar-refractivity contribution is 8.42. The standard InChI is InChI=1S/C16H21FN4O5P2S2/c1-22-10-27(29)24-3-2-21-15(20-13-4-11(5-18)6-19-16(13)21)9-25-28(30)26-14-8-23-7-12(14)17/h4,6,10,12,14,27,29-30H,2-3,7-9H2,1H3/t12-,14+,28?/m1/s1. The summed E-state index contributed by atoms with van der Waals surface area (Å²) in [4.78, 5) is 8.86. The minimum absolute atomic E-state index is 0.0133. The lowest BCUT2D eigenvalue weighted by molar-refractivity contribution is 0.123. The Bertz CT molecular complexity index is 944. The lowest BCUT2D eigenvalue weighted by Gasteiger charge is -2.17. The molecule has 0 spiro atoms. The first-order valence-electron chi connectivity index (χ1n) is 8.82. The van der Waals surface area contributed by atoms with Crippen molar-refractivity contribution in [2.45, 2.75) is 25.4 Å². The van der Waals surface area contributed by atoms with E-state index in [1.54, 1.807) is 19.2 Å². The number of hydrogen-bond donors (Lipinski definition) is 2. The molecule has 9 nitrogen and oxygen atoms in total. The molecule has 164 valence electrons. The Balaban J connectivity index is 1.71. The van der Waals surface area contributed by atoms with Crippen LogP contribution >= 0.6 is 39.0 Å². The van der Waals surface area contributed by atoms with Crippen LogP contribution in [0.3, 0.4) is 0 Å². The second-order valence-electron chi connectivity index (χ2n) is 6.11. The van der Waals surface area contributed by atoms with Crippen molar-refractivity contribution < 1.29 is 27.4 Å². The normalized spacial score (nSPS) is 21.2. The highest BCUT2D eigenvalue weighted by atomic mass is 32.7. The first kappa shape index (κ1) is 23.9. The van der Waals surface area contributed by atoms with E-state index in [9.17, 15) is 4.39 Å². The van der Waals surface area contributed by atoms with E-state index < -0.39 is 26.8 Å². The van der Waals surface area contributed by atoms with Gasteiger partial charge in [0.25, 0.3) is 0 Å². The van der Waals surface area contributed by atoms with E-state index in [1.807, 2.05) is 10.6 Å². The van der Waals surface area contributed by atoms with Crippen molar-refractivity contribution in [2.75, 3.05) is 26.9 Å². The van der Waals surface area contributed by atoms with Gasteiger partial charge in [-0.05, 0) is 6.07 Å². The van der Waals surface area contributed by atoms with Gasteiger partial charge < -0.3 is 27.6 Å². The molecule has 3 rings (SSSR count). The molecule has 2 unspecified atom stereocenters. The van der Waals surface area contributed by atoms with E-state index in [2.05, 4.69) is 34.5 Å². The number of hydrogen-bond acceptors (Lipinski definition) is 10. The molecular weight excluding hydrogens is 473 g/mol. The summed E-state index contributed by atoms with van der Waals surface area (Å²) < 4.78 is 42.2. The van der Waals surface area contributed by atoms with Crippen LogP contribution in [-0.4, -0.2) is 59.7 Å². The Hall–Kier alpha value is -0.730. The molecule has 2 aromatic rings. The largest absolute Gasteiger partial charge is 0.375 e. The highest BCUT2D eigenvalue weighted by Gasteiger charge is 2.31. The molecule has 2 aromatic heterocycles. The van der Waals surface area contributed by atoms with Crippen molar-refractivity contribution in [3.63, 3.8) is 0 Å². The summed E-state index contributed by atoms with van der Waals surface area (Å²) >= 11 is 8.61. The summed E-state index contributed by atoms with van der Waals surface area (Å²) in [5, 5.41) is 9.10. The number of methoxy groups -OCH3 is 1. The monoisotopic (exact) mass is 494 g/mol. The molecule has 0 amide bonds. The third kappa shape index (κ3) is 6.39. The minimum Gasteiger partial charge on any atom is -0.375 e. The number of imidazole rings is 1. The lowest BCUT2D eigenvalue weighted by atomic mass is 10.3. The summed E-state index contributed by atoms with van der Waals surface area (Å²) in [6.45, 7) is -0.420. The van der Waals surface area contributed by atoms with E-state index in [0.29, 0.717) is 35.7 Å². The number of nitrogens with zero attached hydrogens (tertiary/aromatic N) is 4. The van der Waals surface area contributed by atoms with Crippen LogP contribution in [0.25, 0.3) is 11.2 Å². The zero-order valence-electron chi connectivity index (χ0n) is 16.0. The molecule has 1 aliphatic rings. The Morgan fingerprint density at radius 2 is 2.37 bits per heavy atom. The van der Waals surface area contributed by atoms with Crippen LogP contribution in [0.5, 0.6) is 0 Å². The van der Waals surface area contributed by atoms with Crippen LogP contribution in [0, 0.1) is 11.3 Å². The molecule has 0 N–H and O–H groups in total. The molecule has 0 aliphatic carbocycles. The van der Waals surface area contributed by atoms with E-state index in [1.165, 1.54) is 6.20 Å². The molecule has 1 saturated heterocycles. The first-order chi connectivity index (χ1) is 14.5. The maximum absolute atomic E-state index is 13.6. The van der Waals surface area contributed by atoms with Gasteiger partial charge in [0, 0.05) is 19.9 Å². The number of halogens is 1. The SMILES string of the molecule is CO/C=[PH](/S)OCCn1c(COP(S)O[C@H]2COC[C@H]2F)nc2cc(C#N)cnc21. The van der Waals surface area contributed by atoms with Gasteiger partial charge >= 0.3 is 0 Å². The summed E-state index contributed by atoms with van der Waals surface area (Å²) in [5.74, 6) is 2.11.